The molecule has 1 aliphatic heterocycles. The fourth-order valence-electron chi connectivity index (χ4n) is 4.94. The first kappa shape index (κ1) is 35.8. The van der Waals surface area contributed by atoms with Gasteiger partial charge in [-0.3, -0.25) is 4.79 Å². The average Bonchev–Trinajstić information content (AvgIpc) is 3.55. The summed E-state index contributed by atoms with van der Waals surface area (Å²) in [6.07, 6.45) is -1.74. The van der Waals surface area contributed by atoms with Crippen molar-refractivity contribution in [3.8, 4) is 5.75 Å². The van der Waals surface area contributed by atoms with Crippen molar-refractivity contribution in [3.63, 3.8) is 0 Å². The van der Waals surface area contributed by atoms with E-state index in [0.29, 0.717) is 29.8 Å². The highest BCUT2D eigenvalue weighted by Gasteiger charge is 2.57. The van der Waals surface area contributed by atoms with Crippen molar-refractivity contribution in [2.24, 2.45) is 0 Å². The Balaban J connectivity index is 1.97. The van der Waals surface area contributed by atoms with Crippen LogP contribution in [0, 0.1) is 0 Å². The molecule has 3 N–H and O–H groups in total. The summed E-state index contributed by atoms with van der Waals surface area (Å²) in [5.74, 6) is -3.83. The van der Waals surface area contributed by atoms with Crippen LogP contribution in [-0.4, -0.2) is 89.9 Å². The number of benzene rings is 2. The minimum absolute atomic E-state index is 0.126. The molecule has 0 aliphatic carbocycles. The molecule has 1 aliphatic rings. The van der Waals surface area contributed by atoms with Gasteiger partial charge in [-0.05, 0) is 70.3 Å². The minimum Gasteiger partial charge on any atom is -0.497 e. The van der Waals surface area contributed by atoms with Crippen molar-refractivity contribution in [1.29, 1.82) is 0 Å². The predicted octanol–water partition coefficient (Wildman–Crippen LogP) is 2.84. The quantitative estimate of drug-likeness (QED) is 0.167. The van der Waals surface area contributed by atoms with E-state index in [-0.39, 0.29) is 13.0 Å². The highest BCUT2D eigenvalue weighted by molar-refractivity contribution is 6.09. The number of esters is 2. The molecule has 2 aromatic carbocycles. The molecule has 0 unspecified atom stereocenters. The van der Waals surface area contributed by atoms with Gasteiger partial charge in [0, 0.05) is 13.5 Å². The first-order chi connectivity index (χ1) is 21.7. The smallest absolute Gasteiger partial charge is 0.408 e. The predicted molar refractivity (Wildman–Crippen MR) is 166 cm³/mol. The number of ether oxygens (including phenoxy) is 4. The van der Waals surface area contributed by atoms with Crippen molar-refractivity contribution in [2.45, 2.75) is 82.9 Å². The van der Waals surface area contributed by atoms with E-state index in [1.165, 1.54) is 21.1 Å². The largest absolute Gasteiger partial charge is 0.497 e. The first-order valence-corrected chi connectivity index (χ1v) is 15.0. The van der Waals surface area contributed by atoms with Gasteiger partial charge in [-0.25, -0.2) is 19.2 Å². The van der Waals surface area contributed by atoms with Crippen LogP contribution < -0.4 is 15.4 Å². The number of amides is 2. The Morgan fingerprint density at radius 1 is 1.00 bits per heavy atom. The standard InChI is InChI=1S/C33H43N3O10/c1-21(26(28(38)39)35-31(42)44-20-23-11-8-7-9-12-23)45-29(40)33(30(41)46-32(2,3)4,19-22-14-16-24(43-6)17-15-22)36(5)27(37)25-13-10-18-34-25/h7-9,11-12,14-17,21,25-26,34H,10,13,18-20H2,1-6H3,(H,35,42)(H,38,39)/t21-,25+,26+,33+/m1/s1. The highest BCUT2D eigenvalue weighted by Crippen LogP contribution is 2.30. The number of carbonyl (C=O) groups is 5. The minimum atomic E-state index is -2.38. The third-order valence-corrected chi connectivity index (χ3v) is 7.47. The topological polar surface area (TPSA) is 170 Å². The number of alkyl carbamates (subject to hydrolysis) is 1. The number of nitrogens with zero attached hydrogens (tertiary/aromatic N) is 1. The van der Waals surface area contributed by atoms with Crippen LogP contribution in [0.3, 0.4) is 0 Å². The molecule has 1 fully saturated rings. The summed E-state index contributed by atoms with van der Waals surface area (Å²) in [7, 11) is 2.81. The van der Waals surface area contributed by atoms with Gasteiger partial charge in [0.25, 0.3) is 0 Å². The van der Waals surface area contributed by atoms with Crippen LogP contribution in [0.4, 0.5) is 4.79 Å². The Hall–Kier alpha value is -4.65. The summed E-state index contributed by atoms with van der Waals surface area (Å²) in [4.78, 5) is 68.0. The number of carboxylic acid groups (broad SMARTS) is 1. The third-order valence-electron chi connectivity index (χ3n) is 7.47. The van der Waals surface area contributed by atoms with Crippen LogP contribution in [0.1, 0.15) is 51.7 Å². The van der Waals surface area contributed by atoms with Gasteiger partial charge < -0.3 is 39.6 Å². The van der Waals surface area contributed by atoms with Gasteiger partial charge >= 0.3 is 24.0 Å². The maximum absolute atomic E-state index is 14.3. The second-order valence-corrected chi connectivity index (χ2v) is 12.1. The Morgan fingerprint density at radius 2 is 1.65 bits per heavy atom. The van der Waals surface area contributed by atoms with Crippen LogP contribution in [0.2, 0.25) is 0 Å². The molecule has 0 spiro atoms. The average molecular weight is 642 g/mol. The van der Waals surface area contributed by atoms with Crippen molar-refractivity contribution in [2.75, 3.05) is 20.7 Å². The monoisotopic (exact) mass is 641 g/mol. The number of nitrogens with one attached hydrogen (secondary N) is 2. The van der Waals surface area contributed by atoms with E-state index in [4.69, 9.17) is 18.9 Å². The molecule has 1 heterocycles. The van der Waals surface area contributed by atoms with Gasteiger partial charge in [0.05, 0.1) is 13.2 Å². The number of rotatable bonds is 13. The van der Waals surface area contributed by atoms with Crippen LogP contribution in [0.25, 0.3) is 0 Å². The third kappa shape index (κ3) is 9.19. The molecule has 46 heavy (non-hydrogen) atoms. The maximum atomic E-state index is 14.3. The number of likely N-dealkylation sites (N-methyl/N-ethyl adjacent to an activating group) is 1. The van der Waals surface area contributed by atoms with E-state index in [0.717, 1.165) is 11.3 Å². The molecule has 0 saturated carbocycles. The second kappa shape index (κ2) is 15.6. The van der Waals surface area contributed by atoms with Crippen molar-refractivity contribution < 1.29 is 48.0 Å². The van der Waals surface area contributed by atoms with E-state index >= 15 is 0 Å². The molecular formula is C33H43N3O10. The van der Waals surface area contributed by atoms with Gasteiger partial charge in [-0.2, -0.15) is 0 Å². The molecule has 2 amide bonds. The molecule has 2 aromatic rings. The molecule has 250 valence electrons. The number of hydrogen-bond acceptors (Lipinski definition) is 10. The fraction of sp³-hybridized carbons (Fsp3) is 0.485. The van der Waals surface area contributed by atoms with E-state index in [2.05, 4.69) is 10.6 Å². The Labute approximate surface area is 268 Å². The van der Waals surface area contributed by atoms with Crippen molar-refractivity contribution in [1.82, 2.24) is 15.5 Å². The zero-order valence-electron chi connectivity index (χ0n) is 27.0. The summed E-state index contributed by atoms with van der Waals surface area (Å²) >= 11 is 0. The summed E-state index contributed by atoms with van der Waals surface area (Å²) in [5.41, 5.74) is -2.31. The lowest BCUT2D eigenvalue weighted by Crippen LogP contribution is -2.66. The lowest BCUT2D eigenvalue weighted by atomic mass is 9.87. The SMILES string of the molecule is COc1ccc(C[C@](C(=O)O[C@H](C)[C@H](NC(=O)OCc2ccccc2)C(=O)O)(C(=O)OC(C)(C)C)N(C)C(=O)[C@@H]2CCCN2)cc1. The van der Waals surface area contributed by atoms with Crippen LogP contribution in [0.15, 0.2) is 54.6 Å². The Morgan fingerprint density at radius 3 is 2.20 bits per heavy atom. The molecule has 1 saturated heterocycles. The van der Waals surface area contributed by atoms with Crippen molar-refractivity contribution >= 4 is 29.9 Å². The lowest BCUT2D eigenvalue weighted by molar-refractivity contribution is -0.187. The molecule has 0 radical (unpaired) electrons. The zero-order chi connectivity index (χ0) is 34.1. The Kier molecular flexibility index (Phi) is 12.1. The molecule has 13 heteroatoms. The summed E-state index contributed by atoms with van der Waals surface area (Å²) < 4.78 is 21.8. The highest BCUT2D eigenvalue weighted by atomic mass is 16.6. The molecule has 3 rings (SSSR count). The van der Waals surface area contributed by atoms with Crippen LogP contribution >= 0.6 is 0 Å². The van der Waals surface area contributed by atoms with Gasteiger partial charge in [0.15, 0.2) is 6.04 Å². The summed E-state index contributed by atoms with van der Waals surface area (Å²) in [6, 6.07) is 12.9. The van der Waals surface area contributed by atoms with Gasteiger partial charge in [-0.1, -0.05) is 42.5 Å². The second-order valence-electron chi connectivity index (χ2n) is 12.1. The molecule has 0 aromatic heterocycles. The zero-order valence-corrected chi connectivity index (χ0v) is 27.0. The van der Waals surface area contributed by atoms with Gasteiger partial charge in [0.1, 0.15) is 24.1 Å². The lowest BCUT2D eigenvalue weighted by Gasteiger charge is -2.41. The van der Waals surface area contributed by atoms with E-state index in [1.807, 2.05) is 0 Å². The van der Waals surface area contributed by atoms with E-state index in [1.54, 1.807) is 75.4 Å². The van der Waals surface area contributed by atoms with Crippen LogP contribution in [-0.2, 0) is 46.4 Å². The first-order valence-electron chi connectivity index (χ1n) is 15.0. The van der Waals surface area contributed by atoms with Gasteiger partial charge in [-0.15, -0.1) is 0 Å². The summed E-state index contributed by atoms with van der Waals surface area (Å²) in [5, 5.41) is 15.2. The normalized spacial score (nSPS) is 17.0. The molecule has 4 atom stereocenters. The maximum Gasteiger partial charge on any atom is 0.408 e. The summed E-state index contributed by atoms with van der Waals surface area (Å²) in [6.45, 7) is 6.55. The number of hydrogen-bond donors (Lipinski definition) is 3. The van der Waals surface area contributed by atoms with E-state index < -0.39 is 59.2 Å². The number of aliphatic carboxylic acids is 1. The number of carbonyl (C=O) groups excluding carboxylic acids is 4. The molecular weight excluding hydrogens is 598 g/mol. The fourth-order valence-corrected chi connectivity index (χ4v) is 4.94. The molecule has 13 nitrogen and oxygen atoms in total. The van der Waals surface area contributed by atoms with Crippen molar-refractivity contribution in [3.05, 3.63) is 65.7 Å². The molecule has 0 bridgehead atoms. The number of carboxylic acids is 1. The van der Waals surface area contributed by atoms with Gasteiger partial charge in [0.2, 0.25) is 11.4 Å². The van der Waals surface area contributed by atoms with E-state index in [9.17, 15) is 29.1 Å². The number of methoxy groups -OCH3 is 1. The Bertz CT molecular complexity index is 1370. The van der Waals surface area contributed by atoms with Crippen LogP contribution in [0.5, 0.6) is 5.75 Å².